The standard InChI is InChI=1S/C13H18N2O3/c1-9-8-10(14)2-3-12(9)18-11-4-6-15(7-5-11)13(16)17/h2-3,8,11H,4-7,14H2,1H3,(H,16,17). The van der Waals surface area contributed by atoms with Crippen LogP contribution in [0.25, 0.3) is 0 Å². The maximum Gasteiger partial charge on any atom is 0.407 e. The van der Waals surface area contributed by atoms with E-state index in [2.05, 4.69) is 0 Å². The van der Waals surface area contributed by atoms with Gasteiger partial charge in [-0.2, -0.15) is 0 Å². The van der Waals surface area contributed by atoms with Crippen LogP contribution >= 0.6 is 0 Å². The van der Waals surface area contributed by atoms with E-state index in [1.807, 2.05) is 25.1 Å². The molecule has 1 amide bonds. The lowest BCUT2D eigenvalue weighted by Gasteiger charge is -2.30. The zero-order valence-electron chi connectivity index (χ0n) is 10.4. The second-order valence-corrected chi connectivity index (χ2v) is 4.61. The number of carboxylic acid groups (broad SMARTS) is 1. The number of benzene rings is 1. The highest BCUT2D eigenvalue weighted by atomic mass is 16.5. The van der Waals surface area contributed by atoms with E-state index >= 15 is 0 Å². The van der Waals surface area contributed by atoms with Crippen molar-refractivity contribution in [2.24, 2.45) is 0 Å². The third-order valence-corrected chi connectivity index (χ3v) is 3.21. The monoisotopic (exact) mass is 250 g/mol. The van der Waals surface area contributed by atoms with E-state index in [-0.39, 0.29) is 6.10 Å². The van der Waals surface area contributed by atoms with Crippen molar-refractivity contribution in [3.05, 3.63) is 23.8 Å². The van der Waals surface area contributed by atoms with Crippen molar-refractivity contribution in [3.63, 3.8) is 0 Å². The molecule has 3 N–H and O–H groups in total. The van der Waals surface area contributed by atoms with Gasteiger partial charge in [0, 0.05) is 31.6 Å². The van der Waals surface area contributed by atoms with E-state index in [1.165, 1.54) is 4.90 Å². The van der Waals surface area contributed by atoms with Crippen LogP contribution in [0.5, 0.6) is 5.75 Å². The third-order valence-electron chi connectivity index (χ3n) is 3.21. The second-order valence-electron chi connectivity index (χ2n) is 4.61. The Bertz CT molecular complexity index is 440. The van der Waals surface area contributed by atoms with Crippen LogP contribution in [0.3, 0.4) is 0 Å². The summed E-state index contributed by atoms with van der Waals surface area (Å²) in [5.41, 5.74) is 7.42. The fourth-order valence-electron chi connectivity index (χ4n) is 2.15. The van der Waals surface area contributed by atoms with Gasteiger partial charge in [-0.3, -0.25) is 0 Å². The highest BCUT2D eigenvalue weighted by molar-refractivity contribution is 5.65. The molecule has 0 atom stereocenters. The number of rotatable bonds is 2. The minimum absolute atomic E-state index is 0.0860. The highest BCUT2D eigenvalue weighted by Gasteiger charge is 2.23. The molecule has 0 unspecified atom stereocenters. The molecule has 18 heavy (non-hydrogen) atoms. The summed E-state index contributed by atoms with van der Waals surface area (Å²) in [5.74, 6) is 0.831. The minimum Gasteiger partial charge on any atom is -0.490 e. The molecular weight excluding hydrogens is 232 g/mol. The van der Waals surface area contributed by atoms with Gasteiger partial charge in [-0.1, -0.05) is 0 Å². The SMILES string of the molecule is Cc1cc(N)ccc1OC1CCN(C(=O)O)CC1. The first-order valence-corrected chi connectivity index (χ1v) is 6.07. The van der Waals surface area contributed by atoms with E-state index in [0.29, 0.717) is 13.1 Å². The van der Waals surface area contributed by atoms with Crippen LogP contribution in [0.2, 0.25) is 0 Å². The van der Waals surface area contributed by atoms with Crippen LogP contribution in [0, 0.1) is 6.92 Å². The minimum atomic E-state index is -0.850. The summed E-state index contributed by atoms with van der Waals surface area (Å²) in [6.45, 7) is 3.03. The number of hydrogen-bond acceptors (Lipinski definition) is 3. The van der Waals surface area contributed by atoms with Gasteiger partial charge in [-0.05, 0) is 30.7 Å². The summed E-state index contributed by atoms with van der Waals surface area (Å²) in [5, 5.41) is 8.86. The maximum absolute atomic E-state index is 10.8. The molecule has 0 aromatic heterocycles. The average Bonchev–Trinajstić information content (AvgIpc) is 2.33. The van der Waals surface area contributed by atoms with E-state index in [4.69, 9.17) is 15.6 Å². The van der Waals surface area contributed by atoms with E-state index in [9.17, 15) is 4.79 Å². The molecule has 1 heterocycles. The highest BCUT2D eigenvalue weighted by Crippen LogP contribution is 2.24. The van der Waals surface area contributed by atoms with Crippen LogP contribution in [-0.4, -0.2) is 35.3 Å². The predicted octanol–water partition coefficient (Wildman–Crippen LogP) is 2.10. The number of hydrogen-bond donors (Lipinski definition) is 2. The number of ether oxygens (including phenoxy) is 1. The zero-order valence-corrected chi connectivity index (χ0v) is 10.4. The van der Waals surface area contributed by atoms with Crippen LogP contribution in [0.15, 0.2) is 18.2 Å². The topological polar surface area (TPSA) is 75.8 Å². The molecule has 1 aromatic carbocycles. The summed E-state index contributed by atoms with van der Waals surface area (Å²) in [6.07, 6.45) is 0.701. The molecule has 5 nitrogen and oxygen atoms in total. The van der Waals surface area contributed by atoms with Gasteiger partial charge >= 0.3 is 6.09 Å². The molecule has 1 aromatic rings. The van der Waals surface area contributed by atoms with Gasteiger partial charge in [0.15, 0.2) is 0 Å². The quantitative estimate of drug-likeness (QED) is 0.788. The number of likely N-dealkylation sites (tertiary alicyclic amines) is 1. The molecule has 1 aliphatic rings. The number of nitrogens with zero attached hydrogens (tertiary/aromatic N) is 1. The molecule has 2 rings (SSSR count). The lowest BCUT2D eigenvalue weighted by Crippen LogP contribution is -2.41. The van der Waals surface area contributed by atoms with Crippen molar-refractivity contribution < 1.29 is 14.6 Å². The molecule has 0 aliphatic carbocycles. The third kappa shape index (κ3) is 2.85. The van der Waals surface area contributed by atoms with Crippen molar-refractivity contribution in [3.8, 4) is 5.75 Å². The molecule has 98 valence electrons. The molecule has 0 spiro atoms. The maximum atomic E-state index is 10.8. The number of amides is 1. The first-order valence-electron chi connectivity index (χ1n) is 6.07. The van der Waals surface area contributed by atoms with Crippen LogP contribution in [0.1, 0.15) is 18.4 Å². The van der Waals surface area contributed by atoms with Gasteiger partial charge in [0.25, 0.3) is 0 Å². The Balaban J connectivity index is 1.93. The molecular formula is C13H18N2O3. The average molecular weight is 250 g/mol. The van der Waals surface area contributed by atoms with Gasteiger partial charge < -0.3 is 20.5 Å². The Kier molecular flexibility index (Phi) is 3.60. The predicted molar refractivity (Wildman–Crippen MR) is 68.8 cm³/mol. The first kappa shape index (κ1) is 12.5. The summed E-state index contributed by atoms with van der Waals surface area (Å²) in [6, 6.07) is 5.56. The summed E-state index contributed by atoms with van der Waals surface area (Å²) in [7, 11) is 0. The van der Waals surface area contributed by atoms with E-state index in [1.54, 1.807) is 0 Å². The molecule has 5 heteroatoms. The van der Waals surface area contributed by atoms with Crippen LogP contribution < -0.4 is 10.5 Å². The fraction of sp³-hybridized carbons (Fsp3) is 0.462. The molecule has 0 bridgehead atoms. The smallest absolute Gasteiger partial charge is 0.407 e. The summed E-state index contributed by atoms with van der Waals surface area (Å²) >= 11 is 0. The Labute approximate surface area is 106 Å². The second kappa shape index (κ2) is 5.16. The molecule has 0 radical (unpaired) electrons. The molecule has 1 saturated heterocycles. The van der Waals surface area contributed by atoms with Crippen molar-refractivity contribution in [1.82, 2.24) is 4.90 Å². The lowest BCUT2D eigenvalue weighted by atomic mass is 10.1. The van der Waals surface area contributed by atoms with Crippen LogP contribution in [0.4, 0.5) is 10.5 Å². The van der Waals surface area contributed by atoms with E-state index in [0.717, 1.165) is 29.8 Å². The van der Waals surface area contributed by atoms with Gasteiger partial charge in [-0.15, -0.1) is 0 Å². The molecule has 0 saturated carbocycles. The largest absolute Gasteiger partial charge is 0.490 e. The zero-order chi connectivity index (χ0) is 13.1. The summed E-state index contributed by atoms with van der Waals surface area (Å²) < 4.78 is 5.89. The van der Waals surface area contributed by atoms with Gasteiger partial charge in [0.05, 0.1) is 0 Å². The molecule has 1 fully saturated rings. The first-order chi connectivity index (χ1) is 8.56. The van der Waals surface area contributed by atoms with Gasteiger partial charge in [0.1, 0.15) is 11.9 Å². The van der Waals surface area contributed by atoms with Crippen LogP contribution in [-0.2, 0) is 0 Å². The van der Waals surface area contributed by atoms with E-state index < -0.39 is 6.09 Å². The van der Waals surface area contributed by atoms with Crippen molar-refractivity contribution in [2.75, 3.05) is 18.8 Å². The normalized spacial score (nSPS) is 16.6. The van der Waals surface area contributed by atoms with Crippen molar-refractivity contribution in [1.29, 1.82) is 0 Å². The Morgan fingerprint density at radius 1 is 1.44 bits per heavy atom. The molecule has 1 aliphatic heterocycles. The number of nitrogens with two attached hydrogens (primary N) is 1. The number of aryl methyl sites for hydroxylation is 1. The van der Waals surface area contributed by atoms with Crippen molar-refractivity contribution in [2.45, 2.75) is 25.9 Å². The Morgan fingerprint density at radius 3 is 2.67 bits per heavy atom. The van der Waals surface area contributed by atoms with Gasteiger partial charge in [-0.25, -0.2) is 4.79 Å². The number of piperidine rings is 1. The Morgan fingerprint density at radius 2 is 2.11 bits per heavy atom. The fourth-order valence-corrected chi connectivity index (χ4v) is 2.15. The number of nitrogen functional groups attached to an aromatic ring is 1. The van der Waals surface area contributed by atoms with Crippen molar-refractivity contribution >= 4 is 11.8 Å². The number of carbonyl (C=O) groups is 1. The van der Waals surface area contributed by atoms with Gasteiger partial charge in [0.2, 0.25) is 0 Å². The summed E-state index contributed by atoms with van der Waals surface area (Å²) in [4.78, 5) is 12.2. The number of anilines is 1. The Hall–Kier alpha value is -1.91. The lowest BCUT2D eigenvalue weighted by molar-refractivity contribution is 0.0891.